The highest BCUT2D eigenvalue weighted by Gasteiger charge is 2.27. The van der Waals surface area contributed by atoms with Crippen LogP contribution in [-0.4, -0.2) is 15.9 Å². The number of hydrogen-bond acceptors (Lipinski definition) is 4. The molecule has 1 saturated carbocycles. The SMILES string of the molecule is Fc1cccc(CCNc2nc(C3CC3)ns2)c1. The van der Waals surface area contributed by atoms with Crippen LogP contribution in [0, 0.1) is 5.82 Å². The molecule has 3 nitrogen and oxygen atoms in total. The van der Waals surface area contributed by atoms with Crippen LogP contribution in [-0.2, 0) is 6.42 Å². The molecule has 0 spiro atoms. The number of nitrogens with zero attached hydrogens (tertiary/aromatic N) is 2. The van der Waals surface area contributed by atoms with E-state index < -0.39 is 0 Å². The Labute approximate surface area is 109 Å². The monoisotopic (exact) mass is 263 g/mol. The second kappa shape index (κ2) is 5.02. The molecular weight excluding hydrogens is 249 g/mol. The van der Waals surface area contributed by atoms with Crippen molar-refractivity contribution in [2.24, 2.45) is 0 Å². The zero-order valence-electron chi connectivity index (χ0n) is 9.90. The largest absolute Gasteiger partial charge is 0.360 e. The highest BCUT2D eigenvalue weighted by molar-refractivity contribution is 7.09. The number of nitrogens with one attached hydrogen (secondary N) is 1. The van der Waals surface area contributed by atoms with Gasteiger partial charge in [-0.2, -0.15) is 4.37 Å². The molecule has 0 bridgehead atoms. The lowest BCUT2D eigenvalue weighted by molar-refractivity contribution is 0.625. The number of rotatable bonds is 5. The molecule has 1 fully saturated rings. The third-order valence-electron chi connectivity index (χ3n) is 2.96. The molecule has 1 aromatic heterocycles. The van der Waals surface area contributed by atoms with Crippen LogP contribution >= 0.6 is 11.5 Å². The van der Waals surface area contributed by atoms with Gasteiger partial charge in [0.2, 0.25) is 5.13 Å². The molecule has 5 heteroatoms. The van der Waals surface area contributed by atoms with Gasteiger partial charge >= 0.3 is 0 Å². The van der Waals surface area contributed by atoms with Gasteiger partial charge in [0.1, 0.15) is 11.6 Å². The number of halogens is 1. The minimum atomic E-state index is -0.181. The zero-order valence-corrected chi connectivity index (χ0v) is 10.7. The van der Waals surface area contributed by atoms with Crippen LogP contribution in [0.5, 0.6) is 0 Å². The van der Waals surface area contributed by atoms with Crippen LogP contribution < -0.4 is 5.32 Å². The summed E-state index contributed by atoms with van der Waals surface area (Å²) in [6.45, 7) is 0.753. The first-order valence-electron chi connectivity index (χ1n) is 6.13. The molecule has 1 aliphatic carbocycles. The van der Waals surface area contributed by atoms with Crippen molar-refractivity contribution >= 4 is 16.7 Å². The lowest BCUT2D eigenvalue weighted by Gasteiger charge is -2.02. The average molecular weight is 263 g/mol. The van der Waals surface area contributed by atoms with Gasteiger partial charge < -0.3 is 5.32 Å². The van der Waals surface area contributed by atoms with Gasteiger partial charge in [-0.25, -0.2) is 9.37 Å². The van der Waals surface area contributed by atoms with E-state index in [0.717, 1.165) is 29.5 Å². The third-order valence-corrected chi connectivity index (χ3v) is 3.65. The Hall–Kier alpha value is -1.49. The molecule has 0 atom stereocenters. The van der Waals surface area contributed by atoms with Crippen LogP contribution in [0.15, 0.2) is 24.3 Å². The van der Waals surface area contributed by atoms with E-state index in [1.165, 1.54) is 30.4 Å². The lowest BCUT2D eigenvalue weighted by Crippen LogP contribution is -2.04. The third kappa shape index (κ3) is 2.85. The van der Waals surface area contributed by atoms with Crippen molar-refractivity contribution in [3.8, 4) is 0 Å². The molecule has 2 aromatic rings. The summed E-state index contributed by atoms with van der Waals surface area (Å²) in [4.78, 5) is 4.44. The zero-order chi connectivity index (χ0) is 12.4. The Morgan fingerprint density at radius 2 is 2.28 bits per heavy atom. The van der Waals surface area contributed by atoms with E-state index in [9.17, 15) is 4.39 Å². The molecule has 0 aliphatic heterocycles. The van der Waals surface area contributed by atoms with Crippen molar-refractivity contribution in [3.63, 3.8) is 0 Å². The lowest BCUT2D eigenvalue weighted by atomic mass is 10.1. The second-order valence-electron chi connectivity index (χ2n) is 4.54. The first-order chi connectivity index (χ1) is 8.81. The maximum Gasteiger partial charge on any atom is 0.202 e. The van der Waals surface area contributed by atoms with E-state index in [1.54, 1.807) is 12.1 Å². The van der Waals surface area contributed by atoms with E-state index in [-0.39, 0.29) is 5.82 Å². The highest BCUT2D eigenvalue weighted by atomic mass is 32.1. The first-order valence-corrected chi connectivity index (χ1v) is 6.90. The fourth-order valence-corrected chi connectivity index (χ4v) is 2.49. The Balaban J connectivity index is 1.51. The molecule has 3 rings (SSSR count). The van der Waals surface area contributed by atoms with E-state index in [2.05, 4.69) is 14.7 Å². The minimum absolute atomic E-state index is 0.181. The normalized spacial score (nSPS) is 14.7. The van der Waals surface area contributed by atoms with E-state index in [0.29, 0.717) is 5.92 Å². The summed E-state index contributed by atoms with van der Waals surface area (Å²) in [5.41, 5.74) is 0.995. The Morgan fingerprint density at radius 3 is 3.06 bits per heavy atom. The van der Waals surface area contributed by atoms with Crippen LogP contribution in [0.3, 0.4) is 0 Å². The van der Waals surface area contributed by atoms with Gasteiger partial charge in [0.25, 0.3) is 0 Å². The number of aromatic nitrogens is 2. The second-order valence-corrected chi connectivity index (χ2v) is 5.29. The Bertz CT molecular complexity index is 537. The number of anilines is 1. The molecule has 0 amide bonds. The molecule has 0 unspecified atom stereocenters. The summed E-state index contributed by atoms with van der Waals surface area (Å²) >= 11 is 1.41. The van der Waals surface area contributed by atoms with Crippen molar-refractivity contribution in [2.75, 3.05) is 11.9 Å². The van der Waals surface area contributed by atoms with Gasteiger partial charge in [-0.3, -0.25) is 0 Å². The van der Waals surface area contributed by atoms with Crippen molar-refractivity contribution < 1.29 is 4.39 Å². The Kier molecular flexibility index (Phi) is 3.23. The highest BCUT2D eigenvalue weighted by Crippen LogP contribution is 2.39. The van der Waals surface area contributed by atoms with E-state index in [4.69, 9.17) is 0 Å². The molecule has 1 heterocycles. The summed E-state index contributed by atoms with van der Waals surface area (Å²) in [5, 5.41) is 4.11. The van der Waals surface area contributed by atoms with Crippen LogP contribution in [0.2, 0.25) is 0 Å². The van der Waals surface area contributed by atoms with Gasteiger partial charge in [0.15, 0.2) is 0 Å². The summed E-state index contributed by atoms with van der Waals surface area (Å²) in [6.07, 6.45) is 3.23. The van der Waals surface area contributed by atoms with Gasteiger partial charge in [-0.05, 0) is 37.0 Å². The Morgan fingerprint density at radius 1 is 1.39 bits per heavy atom. The minimum Gasteiger partial charge on any atom is -0.360 e. The molecule has 94 valence electrons. The fraction of sp³-hybridized carbons (Fsp3) is 0.385. The topological polar surface area (TPSA) is 37.8 Å². The number of hydrogen-bond donors (Lipinski definition) is 1. The maximum atomic E-state index is 13.0. The molecule has 0 saturated heterocycles. The molecular formula is C13H14FN3S. The van der Waals surface area contributed by atoms with Gasteiger partial charge in [0, 0.05) is 24.0 Å². The predicted molar refractivity (Wildman–Crippen MR) is 70.5 cm³/mol. The predicted octanol–water partition coefficient (Wildman–Crippen LogP) is 3.21. The molecule has 1 aromatic carbocycles. The average Bonchev–Trinajstić information content (AvgIpc) is 3.10. The summed E-state index contributed by atoms with van der Waals surface area (Å²) in [5.74, 6) is 1.40. The molecule has 0 radical (unpaired) electrons. The summed E-state index contributed by atoms with van der Waals surface area (Å²) in [7, 11) is 0. The van der Waals surface area contributed by atoms with Crippen molar-refractivity contribution in [1.29, 1.82) is 0 Å². The first kappa shape index (κ1) is 11.6. The summed E-state index contributed by atoms with van der Waals surface area (Å²) < 4.78 is 17.3. The molecule has 1 aliphatic rings. The van der Waals surface area contributed by atoms with Gasteiger partial charge in [-0.15, -0.1) is 0 Å². The van der Waals surface area contributed by atoms with Crippen molar-refractivity contribution in [3.05, 3.63) is 41.5 Å². The van der Waals surface area contributed by atoms with Gasteiger partial charge in [-0.1, -0.05) is 12.1 Å². The standard InChI is InChI=1S/C13H14FN3S/c14-11-3-1-2-9(8-11)6-7-15-13-16-12(17-18-13)10-4-5-10/h1-3,8,10H,4-7H2,(H,15,16,17). The summed E-state index contributed by atoms with van der Waals surface area (Å²) in [6, 6.07) is 6.70. The van der Waals surface area contributed by atoms with E-state index in [1.807, 2.05) is 6.07 Å². The number of benzene rings is 1. The van der Waals surface area contributed by atoms with Crippen LogP contribution in [0.1, 0.15) is 30.1 Å². The molecule has 18 heavy (non-hydrogen) atoms. The van der Waals surface area contributed by atoms with Crippen molar-refractivity contribution in [2.45, 2.75) is 25.2 Å². The van der Waals surface area contributed by atoms with E-state index >= 15 is 0 Å². The fourth-order valence-electron chi connectivity index (χ4n) is 1.82. The smallest absolute Gasteiger partial charge is 0.202 e. The van der Waals surface area contributed by atoms with Crippen molar-refractivity contribution in [1.82, 2.24) is 9.36 Å². The quantitative estimate of drug-likeness (QED) is 0.900. The maximum absolute atomic E-state index is 13.0. The van der Waals surface area contributed by atoms with Crippen LogP contribution in [0.4, 0.5) is 9.52 Å². The van der Waals surface area contributed by atoms with Crippen LogP contribution in [0.25, 0.3) is 0 Å². The molecule has 1 N–H and O–H groups in total. The van der Waals surface area contributed by atoms with Gasteiger partial charge in [0.05, 0.1) is 0 Å².